The van der Waals surface area contributed by atoms with E-state index in [9.17, 15) is 13.2 Å². The molecule has 1 amide bonds. The van der Waals surface area contributed by atoms with Gasteiger partial charge < -0.3 is 10.1 Å². The summed E-state index contributed by atoms with van der Waals surface area (Å²) >= 11 is 6.07. The van der Waals surface area contributed by atoms with Gasteiger partial charge in [-0.05, 0) is 31.2 Å². The number of carboxylic acid groups (broad SMARTS) is 1. The number of halogens is 1. The van der Waals surface area contributed by atoms with Crippen molar-refractivity contribution in [3.05, 3.63) is 47.4 Å². The number of fused-ring (bicyclic) bond motifs is 1. The summed E-state index contributed by atoms with van der Waals surface area (Å²) in [7, 11) is -3.22. The summed E-state index contributed by atoms with van der Waals surface area (Å²) in [6, 6.07) is 6.77. The van der Waals surface area contributed by atoms with Crippen LogP contribution >= 0.6 is 11.6 Å². The summed E-state index contributed by atoms with van der Waals surface area (Å²) in [5, 5.41) is 10.3. The largest absolute Gasteiger partial charge is 0.464 e. The number of H-pyrrole nitrogens is 1. The summed E-state index contributed by atoms with van der Waals surface area (Å²) in [5.74, 6) is 0. The number of nitrogens with zero attached hydrogens (tertiary/aromatic N) is 2. The first-order chi connectivity index (χ1) is 11.7. The third-order valence-electron chi connectivity index (χ3n) is 3.88. The number of aromatic amines is 1. The smallest absolute Gasteiger partial charge is 0.421 e. The van der Waals surface area contributed by atoms with E-state index in [4.69, 9.17) is 16.7 Å². The second-order valence-corrected chi connectivity index (χ2v) is 7.89. The lowest BCUT2D eigenvalue weighted by Crippen LogP contribution is -2.31. The van der Waals surface area contributed by atoms with Gasteiger partial charge in [-0.1, -0.05) is 11.6 Å². The van der Waals surface area contributed by atoms with Crippen LogP contribution in [-0.4, -0.2) is 40.9 Å². The van der Waals surface area contributed by atoms with E-state index in [2.05, 4.69) is 9.97 Å². The normalized spacial score (nSPS) is 11.6. The molecule has 130 valence electrons. The van der Waals surface area contributed by atoms with Gasteiger partial charge in [0.05, 0.1) is 0 Å². The van der Waals surface area contributed by atoms with Crippen molar-refractivity contribution in [2.75, 3.05) is 7.05 Å². The molecule has 3 rings (SSSR count). The van der Waals surface area contributed by atoms with E-state index in [-0.39, 0.29) is 9.20 Å². The van der Waals surface area contributed by atoms with E-state index in [0.29, 0.717) is 10.6 Å². The van der Waals surface area contributed by atoms with E-state index in [1.807, 2.05) is 13.0 Å². The molecule has 0 spiro atoms. The minimum absolute atomic E-state index is 0.203. The monoisotopic (exact) mass is 379 g/mol. The molecule has 0 fully saturated rings. The maximum absolute atomic E-state index is 12.4. The molecule has 0 aliphatic carbocycles. The van der Waals surface area contributed by atoms with Crippen LogP contribution in [0, 0.1) is 6.92 Å². The zero-order valence-corrected chi connectivity index (χ0v) is 14.9. The van der Waals surface area contributed by atoms with Gasteiger partial charge in [0.25, 0.3) is 10.0 Å². The van der Waals surface area contributed by atoms with Gasteiger partial charge in [-0.2, -0.15) is 0 Å². The molecule has 1 aromatic carbocycles. The molecule has 25 heavy (non-hydrogen) atoms. The summed E-state index contributed by atoms with van der Waals surface area (Å²) in [6.07, 6.45) is 1.08. The minimum Gasteiger partial charge on any atom is -0.464 e. The first-order valence-corrected chi connectivity index (χ1v) is 8.98. The molecule has 3 aromatic rings. The summed E-state index contributed by atoms with van der Waals surface area (Å²) in [6.45, 7) is 1.85. The number of hydrogen-bond acceptors (Lipinski definition) is 4. The van der Waals surface area contributed by atoms with Crippen LogP contribution in [0.1, 0.15) is 5.69 Å². The molecule has 0 aliphatic rings. The van der Waals surface area contributed by atoms with Crippen LogP contribution in [0.25, 0.3) is 22.0 Å². The van der Waals surface area contributed by atoms with Gasteiger partial charge in [0.15, 0.2) is 0 Å². The molecular weight excluding hydrogens is 366 g/mol. The first-order valence-electron chi connectivity index (χ1n) is 7.17. The van der Waals surface area contributed by atoms with Gasteiger partial charge in [-0.25, -0.2) is 17.5 Å². The van der Waals surface area contributed by atoms with Crippen molar-refractivity contribution in [3.8, 4) is 11.1 Å². The molecule has 0 bridgehead atoms. The van der Waals surface area contributed by atoms with Crippen LogP contribution in [0.5, 0.6) is 0 Å². The predicted octanol–water partition coefficient (Wildman–Crippen LogP) is 3.49. The molecule has 0 saturated heterocycles. The Bertz CT molecular complexity index is 1090. The fourth-order valence-corrected chi connectivity index (χ4v) is 3.79. The van der Waals surface area contributed by atoms with Crippen LogP contribution in [0.2, 0.25) is 5.02 Å². The Hall–Kier alpha value is -2.58. The lowest BCUT2D eigenvalue weighted by molar-refractivity contribution is 0.178. The maximum Gasteiger partial charge on any atom is 0.421 e. The van der Waals surface area contributed by atoms with Crippen molar-refractivity contribution in [2.45, 2.75) is 11.8 Å². The van der Waals surface area contributed by atoms with E-state index >= 15 is 0 Å². The molecule has 0 unspecified atom stereocenters. The molecule has 0 saturated carbocycles. The number of pyridine rings is 1. The zero-order valence-electron chi connectivity index (χ0n) is 13.3. The highest BCUT2D eigenvalue weighted by Gasteiger charge is 2.26. The molecular formula is C16H14ClN3O4S. The topological polar surface area (TPSA) is 103 Å². The molecule has 9 heteroatoms. The van der Waals surface area contributed by atoms with Crippen molar-refractivity contribution >= 4 is 38.6 Å². The van der Waals surface area contributed by atoms with Gasteiger partial charge in [0.1, 0.15) is 4.90 Å². The number of aromatic nitrogens is 2. The Morgan fingerprint density at radius 2 is 2.00 bits per heavy atom. The second kappa shape index (κ2) is 6.05. The lowest BCUT2D eigenvalue weighted by Gasteiger charge is -2.14. The van der Waals surface area contributed by atoms with Crippen molar-refractivity contribution in [1.82, 2.24) is 14.3 Å². The van der Waals surface area contributed by atoms with E-state index < -0.39 is 16.1 Å². The van der Waals surface area contributed by atoms with Crippen LogP contribution in [0.4, 0.5) is 4.79 Å². The van der Waals surface area contributed by atoms with Crippen molar-refractivity contribution in [2.24, 2.45) is 0 Å². The number of carbonyl (C=O) groups is 1. The number of hydrogen-bond donors (Lipinski definition) is 2. The van der Waals surface area contributed by atoms with Crippen LogP contribution in [-0.2, 0) is 10.0 Å². The molecule has 2 aromatic heterocycles. The molecule has 0 aliphatic heterocycles. The molecule has 0 radical (unpaired) electrons. The lowest BCUT2D eigenvalue weighted by atomic mass is 10.0. The predicted molar refractivity (Wildman–Crippen MR) is 94.3 cm³/mol. The molecule has 2 heterocycles. The number of amides is 1. The van der Waals surface area contributed by atoms with Gasteiger partial charge in [-0.3, -0.25) is 4.98 Å². The Kier molecular flexibility index (Phi) is 4.18. The number of sulfonamides is 1. The summed E-state index contributed by atoms with van der Waals surface area (Å²) < 4.78 is 25.0. The Balaban J connectivity index is 2.20. The van der Waals surface area contributed by atoms with Crippen molar-refractivity contribution in [1.29, 1.82) is 0 Å². The fraction of sp³-hybridized carbons (Fsp3) is 0.125. The van der Waals surface area contributed by atoms with Crippen LogP contribution in [0.3, 0.4) is 0 Å². The SMILES string of the molecule is Cc1[nH]c2ccc(Cl)cc2c1-c1cncc(S(=O)(=O)N(C)C(=O)O)c1. The third-order valence-corrected chi connectivity index (χ3v) is 5.81. The highest BCUT2D eigenvalue weighted by atomic mass is 35.5. The van der Waals surface area contributed by atoms with E-state index in [1.165, 1.54) is 12.3 Å². The molecule has 0 atom stereocenters. The van der Waals surface area contributed by atoms with Gasteiger partial charge in [0, 0.05) is 52.2 Å². The Morgan fingerprint density at radius 3 is 2.68 bits per heavy atom. The maximum atomic E-state index is 12.4. The highest BCUT2D eigenvalue weighted by Crippen LogP contribution is 2.34. The van der Waals surface area contributed by atoms with Crippen molar-refractivity contribution in [3.63, 3.8) is 0 Å². The van der Waals surface area contributed by atoms with Crippen LogP contribution < -0.4 is 0 Å². The second-order valence-electron chi connectivity index (χ2n) is 5.48. The Morgan fingerprint density at radius 1 is 1.28 bits per heavy atom. The first kappa shape index (κ1) is 17.2. The Labute approximate surface area is 148 Å². The van der Waals surface area contributed by atoms with E-state index in [1.54, 1.807) is 12.1 Å². The number of aryl methyl sites for hydroxylation is 1. The highest BCUT2D eigenvalue weighted by molar-refractivity contribution is 7.89. The average molecular weight is 380 g/mol. The molecule has 7 nitrogen and oxygen atoms in total. The summed E-state index contributed by atoms with van der Waals surface area (Å²) in [5.41, 5.74) is 2.99. The quantitative estimate of drug-likeness (QED) is 0.725. The van der Waals surface area contributed by atoms with E-state index in [0.717, 1.165) is 35.4 Å². The summed E-state index contributed by atoms with van der Waals surface area (Å²) in [4.78, 5) is 18.0. The van der Waals surface area contributed by atoms with Crippen LogP contribution in [0.15, 0.2) is 41.6 Å². The van der Waals surface area contributed by atoms with Gasteiger partial charge in [-0.15, -0.1) is 0 Å². The average Bonchev–Trinajstić information content (AvgIpc) is 2.89. The standard InChI is InChI=1S/C16H14ClN3O4S/c1-9-15(13-6-11(17)3-4-14(13)19-9)10-5-12(8-18-7-10)25(23,24)20(2)16(21)22/h3-8,19H,1-2H3,(H,21,22). The number of nitrogens with one attached hydrogen (secondary N) is 1. The third kappa shape index (κ3) is 2.94. The zero-order chi connectivity index (χ0) is 18.4. The number of benzene rings is 1. The van der Waals surface area contributed by atoms with Gasteiger partial charge >= 0.3 is 6.09 Å². The number of rotatable bonds is 3. The molecule has 2 N–H and O–H groups in total. The minimum atomic E-state index is -4.19. The fourth-order valence-electron chi connectivity index (χ4n) is 2.63. The van der Waals surface area contributed by atoms with Gasteiger partial charge in [0.2, 0.25) is 0 Å². The van der Waals surface area contributed by atoms with Crippen molar-refractivity contribution < 1.29 is 18.3 Å².